The molecule has 0 radical (unpaired) electrons. The summed E-state index contributed by atoms with van der Waals surface area (Å²) >= 11 is 0. The number of hydrogen-bond acceptors (Lipinski definition) is 3. The molecule has 2 saturated heterocycles. The lowest BCUT2D eigenvalue weighted by atomic mass is 9.74. The Morgan fingerprint density at radius 2 is 2.00 bits per heavy atom. The van der Waals surface area contributed by atoms with Gasteiger partial charge in [-0.1, -0.05) is 6.92 Å². The van der Waals surface area contributed by atoms with Crippen molar-refractivity contribution < 1.29 is 9.59 Å². The van der Waals surface area contributed by atoms with E-state index in [2.05, 4.69) is 17.6 Å². The van der Waals surface area contributed by atoms with E-state index in [0.717, 1.165) is 58.2 Å². The number of nitrogens with one attached hydrogen (secondary N) is 2. The molecule has 114 valence electrons. The van der Waals surface area contributed by atoms with Crippen molar-refractivity contribution in [2.24, 2.45) is 5.41 Å². The van der Waals surface area contributed by atoms with Gasteiger partial charge in [-0.25, -0.2) is 0 Å². The maximum absolute atomic E-state index is 13.1. The van der Waals surface area contributed by atoms with E-state index in [1.165, 1.54) is 0 Å². The van der Waals surface area contributed by atoms with E-state index in [9.17, 15) is 9.59 Å². The SMILES string of the molecule is CCC1(C(=O)N2CCCCC2C(=O)NC)CCNCC1. The van der Waals surface area contributed by atoms with Crippen molar-refractivity contribution in [1.29, 1.82) is 0 Å². The Balaban J connectivity index is 2.17. The highest BCUT2D eigenvalue weighted by Gasteiger charge is 2.44. The van der Waals surface area contributed by atoms with Crippen molar-refractivity contribution in [3.63, 3.8) is 0 Å². The topological polar surface area (TPSA) is 61.4 Å². The molecule has 2 rings (SSSR count). The third-order valence-corrected chi connectivity index (χ3v) is 5.00. The predicted octanol–water partition coefficient (Wildman–Crippen LogP) is 0.893. The monoisotopic (exact) mass is 281 g/mol. The molecule has 2 heterocycles. The Morgan fingerprint density at radius 3 is 2.60 bits per heavy atom. The first kappa shape index (κ1) is 15.3. The summed E-state index contributed by atoms with van der Waals surface area (Å²) < 4.78 is 0. The molecule has 5 nitrogen and oxygen atoms in total. The highest BCUT2D eigenvalue weighted by molar-refractivity contribution is 5.90. The number of nitrogens with zero attached hydrogens (tertiary/aromatic N) is 1. The molecular formula is C15H27N3O2. The summed E-state index contributed by atoms with van der Waals surface area (Å²) in [6.45, 7) is 4.63. The number of likely N-dealkylation sites (N-methyl/N-ethyl adjacent to an activating group) is 1. The summed E-state index contributed by atoms with van der Waals surface area (Å²) in [4.78, 5) is 27.0. The van der Waals surface area contributed by atoms with Crippen LogP contribution in [0.4, 0.5) is 0 Å². The van der Waals surface area contributed by atoms with Crippen LogP contribution >= 0.6 is 0 Å². The molecule has 2 N–H and O–H groups in total. The summed E-state index contributed by atoms with van der Waals surface area (Å²) in [7, 11) is 1.65. The van der Waals surface area contributed by atoms with E-state index in [4.69, 9.17) is 0 Å². The van der Waals surface area contributed by atoms with Crippen LogP contribution in [0.5, 0.6) is 0 Å². The average Bonchev–Trinajstić information content (AvgIpc) is 2.54. The summed E-state index contributed by atoms with van der Waals surface area (Å²) in [6, 6.07) is -0.264. The van der Waals surface area contributed by atoms with Crippen LogP contribution in [0.3, 0.4) is 0 Å². The molecule has 2 fully saturated rings. The number of amides is 2. The molecule has 0 spiro atoms. The average molecular weight is 281 g/mol. The predicted molar refractivity (Wildman–Crippen MR) is 78.2 cm³/mol. The fourth-order valence-corrected chi connectivity index (χ4v) is 3.54. The van der Waals surface area contributed by atoms with Crippen molar-refractivity contribution in [1.82, 2.24) is 15.5 Å². The van der Waals surface area contributed by atoms with Crippen LogP contribution in [0.1, 0.15) is 45.4 Å². The van der Waals surface area contributed by atoms with Gasteiger partial charge in [0, 0.05) is 13.6 Å². The maximum Gasteiger partial charge on any atom is 0.242 e. The Kier molecular flexibility index (Phi) is 5.02. The van der Waals surface area contributed by atoms with Crippen LogP contribution in [0.2, 0.25) is 0 Å². The number of likely N-dealkylation sites (tertiary alicyclic amines) is 1. The minimum absolute atomic E-state index is 0.0155. The second-order valence-corrected chi connectivity index (χ2v) is 6.01. The van der Waals surface area contributed by atoms with Gasteiger partial charge in [0.15, 0.2) is 0 Å². The van der Waals surface area contributed by atoms with Gasteiger partial charge in [-0.05, 0) is 51.6 Å². The fraction of sp³-hybridized carbons (Fsp3) is 0.867. The number of carbonyl (C=O) groups excluding carboxylic acids is 2. The molecule has 0 aromatic heterocycles. The summed E-state index contributed by atoms with van der Waals surface area (Å²) in [5, 5.41) is 6.03. The zero-order valence-corrected chi connectivity index (χ0v) is 12.7. The number of carbonyl (C=O) groups is 2. The van der Waals surface area contributed by atoms with Crippen LogP contribution in [-0.2, 0) is 9.59 Å². The minimum Gasteiger partial charge on any atom is -0.357 e. The van der Waals surface area contributed by atoms with Crippen molar-refractivity contribution in [3.05, 3.63) is 0 Å². The van der Waals surface area contributed by atoms with Gasteiger partial charge in [0.25, 0.3) is 0 Å². The van der Waals surface area contributed by atoms with Crippen molar-refractivity contribution in [3.8, 4) is 0 Å². The summed E-state index contributed by atoms with van der Waals surface area (Å²) in [5.74, 6) is 0.188. The molecule has 1 unspecified atom stereocenters. The first-order chi connectivity index (χ1) is 9.64. The number of rotatable bonds is 3. The molecule has 2 aliphatic rings. The molecule has 0 saturated carbocycles. The van der Waals surface area contributed by atoms with Gasteiger partial charge in [-0.3, -0.25) is 9.59 Å². The zero-order chi connectivity index (χ0) is 14.6. The van der Waals surface area contributed by atoms with Crippen molar-refractivity contribution >= 4 is 11.8 Å². The molecule has 5 heteroatoms. The molecule has 0 aromatic rings. The normalized spacial score (nSPS) is 26.1. The van der Waals surface area contributed by atoms with Gasteiger partial charge in [0.1, 0.15) is 6.04 Å². The van der Waals surface area contributed by atoms with Crippen LogP contribution in [0, 0.1) is 5.41 Å². The fourth-order valence-electron chi connectivity index (χ4n) is 3.54. The molecular weight excluding hydrogens is 254 g/mol. The summed E-state index contributed by atoms with van der Waals surface area (Å²) in [5.41, 5.74) is -0.255. The molecule has 0 aromatic carbocycles. The van der Waals surface area contributed by atoms with E-state index in [1.54, 1.807) is 7.05 Å². The van der Waals surface area contributed by atoms with Crippen LogP contribution < -0.4 is 10.6 Å². The standard InChI is InChI=1S/C15H27N3O2/c1-3-15(7-9-17-10-8-15)14(20)18-11-5-4-6-12(18)13(19)16-2/h12,17H,3-11H2,1-2H3,(H,16,19). The maximum atomic E-state index is 13.1. The smallest absolute Gasteiger partial charge is 0.242 e. The van der Waals surface area contributed by atoms with E-state index < -0.39 is 0 Å². The van der Waals surface area contributed by atoms with Gasteiger partial charge in [-0.15, -0.1) is 0 Å². The third kappa shape index (κ3) is 2.82. The van der Waals surface area contributed by atoms with E-state index in [-0.39, 0.29) is 23.3 Å². The van der Waals surface area contributed by atoms with Crippen molar-refractivity contribution in [2.75, 3.05) is 26.7 Å². The van der Waals surface area contributed by atoms with Crippen molar-refractivity contribution in [2.45, 2.75) is 51.5 Å². The minimum atomic E-state index is -0.264. The highest BCUT2D eigenvalue weighted by Crippen LogP contribution is 2.36. The second kappa shape index (κ2) is 6.57. The Morgan fingerprint density at radius 1 is 1.30 bits per heavy atom. The second-order valence-electron chi connectivity index (χ2n) is 6.01. The Labute approximate surface area is 121 Å². The molecule has 2 aliphatic heterocycles. The highest BCUT2D eigenvalue weighted by atomic mass is 16.2. The van der Waals surface area contributed by atoms with E-state index in [0.29, 0.717) is 0 Å². The van der Waals surface area contributed by atoms with Gasteiger partial charge in [0.2, 0.25) is 11.8 Å². The molecule has 2 amide bonds. The van der Waals surface area contributed by atoms with Gasteiger partial charge < -0.3 is 15.5 Å². The lowest BCUT2D eigenvalue weighted by molar-refractivity contribution is -0.152. The van der Waals surface area contributed by atoms with Gasteiger partial charge in [0.05, 0.1) is 5.41 Å². The lowest BCUT2D eigenvalue weighted by Crippen LogP contribution is -2.57. The van der Waals surface area contributed by atoms with E-state index >= 15 is 0 Å². The zero-order valence-electron chi connectivity index (χ0n) is 12.7. The number of hydrogen-bond donors (Lipinski definition) is 2. The van der Waals surface area contributed by atoms with Gasteiger partial charge >= 0.3 is 0 Å². The molecule has 0 bridgehead atoms. The summed E-state index contributed by atoms with van der Waals surface area (Å²) in [6.07, 6.45) is 5.48. The third-order valence-electron chi connectivity index (χ3n) is 5.00. The van der Waals surface area contributed by atoms with Crippen LogP contribution in [-0.4, -0.2) is 49.4 Å². The molecule has 0 aliphatic carbocycles. The molecule has 20 heavy (non-hydrogen) atoms. The first-order valence-electron chi connectivity index (χ1n) is 7.88. The van der Waals surface area contributed by atoms with E-state index in [1.807, 2.05) is 4.90 Å². The largest absolute Gasteiger partial charge is 0.357 e. The first-order valence-corrected chi connectivity index (χ1v) is 7.88. The molecule has 1 atom stereocenters. The van der Waals surface area contributed by atoms with Gasteiger partial charge in [-0.2, -0.15) is 0 Å². The van der Waals surface area contributed by atoms with Crippen LogP contribution in [0.15, 0.2) is 0 Å². The number of piperidine rings is 2. The Hall–Kier alpha value is -1.10. The van der Waals surface area contributed by atoms with Crippen LogP contribution in [0.25, 0.3) is 0 Å². The quantitative estimate of drug-likeness (QED) is 0.808. The lowest BCUT2D eigenvalue weighted by Gasteiger charge is -2.43. The Bertz CT molecular complexity index is 364.